The van der Waals surface area contributed by atoms with Crippen molar-refractivity contribution in [1.29, 1.82) is 0 Å². The molecule has 0 fully saturated rings. The Balaban J connectivity index is 2.54. The minimum atomic E-state index is -0.479. The van der Waals surface area contributed by atoms with Crippen LogP contribution in [-0.2, 0) is 0 Å². The van der Waals surface area contributed by atoms with Crippen molar-refractivity contribution in [2.75, 3.05) is 0 Å². The number of hydrogen-bond donors (Lipinski definition) is 1. The van der Waals surface area contributed by atoms with Crippen molar-refractivity contribution in [2.24, 2.45) is 0 Å². The van der Waals surface area contributed by atoms with Gasteiger partial charge in [-0.05, 0) is 60.2 Å². The minimum absolute atomic E-state index is 0.479. The molecule has 1 N–H and O–H groups in total. The van der Waals surface area contributed by atoms with E-state index in [-0.39, 0.29) is 0 Å². The molecule has 0 saturated carbocycles. The monoisotopic (exact) mass is 316 g/mol. The van der Waals surface area contributed by atoms with Crippen molar-refractivity contribution >= 4 is 32.8 Å². The van der Waals surface area contributed by atoms with E-state index < -0.39 is 5.60 Å². The molecular weight excluding hydrogens is 296 g/mol. The van der Waals surface area contributed by atoms with Crippen LogP contribution in [0.5, 0.6) is 0 Å². The molecule has 0 unspecified atom stereocenters. The van der Waals surface area contributed by atoms with Gasteiger partial charge in [-0.3, -0.25) is 0 Å². The average molecular weight is 317 g/mol. The Morgan fingerprint density at radius 3 is 2.59 bits per heavy atom. The molecule has 0 aliphatic carbocycles. The van der Waals surface area contributed by atoms with Crippen LogP contribution in [0.3, 0.4) is 0 Å². The van der Waals surface area contributed by atoms with Gasteiger partial charge in [-0.25, -0.2) is 0 Å². The minimum Gasteiger partial charge on any atom is -0.390 e. The van der Waals surface area contributed by atoms with Gasteiger partial charge in [-0.15, -0.1) is 11.3 Å². The summed E-state index contributed by atoms with van der Waals surface area (Å²) >= 11 is 5.22. The smallest absolute Gasteiger partial charge is 0.0645 e. The maximum atomic E-state index is 10.2. The first kappa shape index (κ1) is 14.9. The second-order valence-corrected chi connectivity index (χ2v) is 6.31. The van der Waals surface area contributed by atoms with Gasteiger partial charge in [0.15, 0.2) is 0 Å². The normalized spacial score (nSPS) is 13.1. The van der Waals surface area contributed by atoms with Gasteiger partial charge in [0.25, 0.3) is 0 Å². The van der Waals surface area contributed by atoms with E-state index in [0.717, 1.165) is 30.2 Å². The summed E-state index contributed by atoms with van der Waals surface area (Å²) in [6, 6.07) is 2.14. The second-order valence-electron chi connectivity index (χ2n) is 4.49. The summed E-state index contributed by atoms with van der Waals surface area (Å²) in [5, 5.41) is 12.3. The van der Waals surface area contributed by atoms with Gasteiger partial charge in [0.2, 0.25) is 0 Å². The van der Waals surface area contributed by atoms with Crippen LogP contribution in [0.4, 0.5) is 0 Å². The second kappa shape index (κ2) is 6.72. The van der Waals surface area contributed by atoms with Gasteiger partial charge in [0.1, 0.15) is 0 Å². The van der Waals surface area contributed by atoms with Gasteiger partial charge >= 0.3 is 0 Å². The fourth-order valence-electron chi connectivity index (χ4n) is 1.78. The molecule has 1 rings (SSSR count). The van der Waals surface area contributed by atoms with Crippen molar-refractivity contribution in [2.45, 2.75) is 52.1 Å². The third-order valence-corrected chi connectivity index (χ3v) is 5.16. The molecule has 1 aromatic rings. The molecule has 1 aromatic heterocycles. The Bertz CT molecular complexity index is 377. The van der Waals surface area contributed by atoms with Crippen LogP contribution in [0.2, 0.25) is 0 Å². The highest BCUT2D eigenvalue weighted by molar-refractivity contribution is 9.10. The maximum absolute atomic E-state index is 10.2. The van der Waals surface area contributed by atoms with Crippen LogP contribution < -0.4 is 0 Å². The molecule has 96 valence electrons. The van der Waals surface area contributed by atoms with Gasteiger partial charge in [0, 0.05) is 14.7 Å². The predicted molar refractivity (Wildman–Crippen MR) is 80.4 cm³/mol. The van der Waals surface area contributed by atoms with Crippen LogP contribution in [0.25, 0.3) is 5.57 Å². The molecule has 0 aromatic carbocycles. The Hall–Kier alpha value is -0.120. The van der Waals surface area contributed by atoms with E-state index in [1.165, 1.54) is 10.5 Å². The molecule has 3 heteroatoms. The molecule has 1 nitrogen and oxygen atoms in total. The van der Waals surface area contributed by atoms with E-state index in [0.29, 0.717) is 0 Å². The Morgan fingerprint density at radius 2 is 2.12 bits per heavy atom. The van der Waals surface area contributed by atoms with E-state index in [1.54, 1.807) is 11.3 Å². The lowest BCUT2D eigenvalue weighted by Gasteiger charge is -2.24. The predicted octanol–water partition coefficient (Wildman–Crippen LogP) is 5.25. The molecule has 0 spiro atoms. The molecule has 0 saturated heterocycles. The van der Waals surface area contributed by atoms with Crippen molar-refractivity contribution in [3.63, 3.8) is 0 Å². The molecule has 0 aliphatic heterocycles. The average Bonchev–Trinajstić information content (AvgIpc) is 2.75. The zero-order chi connectivity index (χ0) is 12.9. The summed E-state index contributed by atoms with van der Waals surface area (Å²) in [5.74, 6) is 0. The number of hydrogen-bond acceptors (Lipinski definition) is 2. The molecule has 0 amide bonds. The van der Waals surface area contributed by atoms with Gasteiger partial charge < -0.3 is 5.11 Å². The third kappa shape index (κ3) is 4.57. The van der Waals surface area contributed by atoms with E-state index in [1.807, 2.05) is 0 Å². The molecule has 0 atom stereocenters. The Morgan fingerprint density at radius 1 is 1.47 bits per heavy atom. The zero-order valence-electron chi connectivity index (χ0n) is 10.8. The summed E-state index contributed by atoms with van der Waals surface area (Å²) in [4.78, 5) is 1.30. The number of rotatable bonds is 6. The first-order valence-electron chi connectivity index (χ1n) is 6.14. The summed E-state index contributed by atoms with van der Waals surface area (Å²) < 4.78 is 1.14. The SMILES string of the molecule is CCC(O)(CC)CC/C=C(/C)c1cc(Br)cs1. The number of thiophene rings is 1. The highest BCUT2D eigenvalue weighted by Crippen LogP contribution is 2.27. The lowest BCUT2D eigenvalue weighted by atomic mass is 9.91. The molecular formula is C14H21BrOS. The van der Waals surface area contributed by atoms with Crippen LogP contribution >= 0.6 is 27.3 Å². The van der Waals surface area contributed by atoms with Crippen LogP contribution in [0, 0.1) is 0 Å². The molecule has 0 radical (unpaired) electrons. The summed E-state index contributed by atoms with van der Waals surface area (Å²) in [5.41, 5.74) is 0.822. The maximum Gasteiger partial charge on any atom is 0.0645 e. The third-order valence-electron chi connectivity index (χ3n) is 3.33. The number of aliphatic hydroxyl groups is 1. The summed E-state index contributed by atoms with van der Waals surface area (Å²) in [7, 11) is 0. The molecule has 17 heavy (non-hydrogen) atoms. The van der Waals surface area contributed by atoms with Crippen molar-refractivity contribution in [3.8, 4) is 0 Å². The zero-order valence-corrected chi connectivity index (χ0v) is 13.2. The first-order valence-corrected chi connectivity index (χ1v) is 7.81. The van der Waals surface area contributed by atoms with Gasteiger partial charge in [0.05, 0.1) is 5.60 Å². The van der Waals surface area contributed by atoms with Crippen LogP contribution in [-0.4, -0.2) is 10.7 Å². The first-order chi connectivity index (χ1) is 8.00. The Kier molecular flexibility index (Phi) is 5.90. The van der Waals surface area contributed by atoms with E-state index >= 15 is 0 Å². The molecule has 0 bridgehead atoms. The highest BCUT2D eigenvalue weighted by atomic mass is 79.9. The fourth-order valence-corrected chi connectivity index (χ4v) is 3.21. The lowest BCUT2D eigenvalue weighted by Crippen LogP contribution is -2.25. The topological polar surface area (TPSA) is 20.2 Å². The number of halogens is 1. The van der Waals surface area contributed by atoms with Crippen LogP contribution in [0.15, 0.2) is 22.0 Å². The quantitative estimate of drug-likeness (QED) is 0.760. The standard InChI is InChI=1S/C14H21BrOS/c1-4-14(16,5-2)8-6-7-11(3)13-9-12(15)10-17-13/h7,9-10,16H,4-6,8H2,1-3H3/b11-7-. The van der Waals surface area contributed by atoms with E-state index in [9.17, 15) is 5.11 Å². The molecule has 1 heterocycles. The van der Waals surface area contributed by atoms with Crippen LogP contribution in [0.1, 0.15) is 51.3 Å². The highest BCUT2D eigenvalue weighted by Gasteiger charge is 2.20. The largest absolute Gasteiger partial charge is 0.390 e. The number of allylic oxidation sites excluding steroid dienone is 2. The van der Waals surface area contributed by atoms with Crippen molar-refractivity contribution < 1.29 is 5.11 Å². The van der Waals surface area contributed by atoms with E-state index in [4.69, 9.17) is 0 Å². The fraction of sp³-hybridized carbons (Fsp3) is 0.571. The summed E-state index contributed by atoms with van der Waals surface area (Å²) in [6.45, 7) is 6.24. The lowest BCUT2D eigenvalue weighted by molar-refractivity contribution is 0.0246. The van der Waals surface area contributed by atoms with Gasteiger partial charge in [-0.2, -0.15) is 0 Å². The summed E-state index contributed by atoms with van der Waals surface area (Å²) in [6.07, 6.45) is 5.69. The molecule has 0 aliphatic rings. The van der Waals surface area contributed by atoms with E-state index in [2.05, 4.69) is 54.2 Å². The van der Waals surface area contributed by atoms with Crippen molar-refractivity contribution in [1.82, 2.24) is 0 Å². The van der Waals surface area contributed by atoms with Crippen molar-refractivity contribution in [3.05, 3.63) is 26.9 Å². The Labute approximate surface area is 117 Å². The van der Waals surface area contributed by atoms with Gasteiger partial charge in [-0.1, -0.05) is 19.9 Å².